The van der Waals surface area contributed by atoms with Gasteiger partial charge in [0.2, 0.25) is 0 Å². The highest BCUT2D eigenvalue weighted by atomic mass is 35.5. The molecule has 0 aliphatic carbocycles. The number of rotatable bonds is 2. The molecule has 1 fully saturated rings. The second-order valence-electron chi connectivity index (χ2n) is 3.59. The Kier molecular flexibility index (Phi) is 2.82. The van der Waals surface area contributed by atoms with Crippen molar-refractivity contribution in [3.8, 4) is 5.75 Å². The van der Waals surface area contributed by atoms with E-state index in [1.807, 2.05) is 12.1 Å². The number of benzene rings is 1. The normalized spacial score (nSPS) is 20.8. The fourth-order valence-corrected chi connectivity index (χ4v) is 1.77. The minimum absolute atomic E-state index is 0.0231. The maximum Gasteiger partial charge on any atom is 0.263 e. The largest absolute Gasteiger partial charge is 0.479 e. The molecule has 2 rings (SSSR count). The lowest BCUT2D eigenvalue weighted by molar-refractivity contribution is -0.132. The van der Waals surface area contributed by atoms with Crippen molar-refractivity contribution < 1.29 is 9.53 Å². The van der Waals surface area contributed by atoms with Crippen LogP contribution in [0.4, 0.5) is 0 Å². The molecule has 0 bridgehead atoms. The molecule has 3 nitrogen and oxygen atoms in total. The summed E-state index contributed by atoms with van der Waals surface area (Å²) in [6.45, 7) is 0.744. The molecular formula is C11H12ClNO2. The van der Waals surface area contributed by atoms with Crippen LogP contribution in [0.15, 0.2) is 24.3 Å². The number of likely N-dealkylation sites (tertiary alicyclic amines) is 1. The van der Waals surface area contributed by atoms with E-state index >= 15 is 0 Å². The van der Waals surface area contributed by atoms with Gasteiger partial charge in [0, 0.05) is 20.0 Å². The zero-order valence-corrected chi connectivity index (χ0v) is 9.20. The molecule has 15 heavy (non-hydrogen) atoms. The second kappa shape index (κ2) is 4.11. The van der Waals surface area contributed by atoms with Crippen LogP contribution < -0.4 is 4.74 Å². The van der Waals surface area contributed by atoms with E-state index in [2.05, 4.69) is 0 Å². The lowest BCUT2D eigenvalue weighted by atomic mass is 10.3. The monoisotopic (exact) mass is 225 g/mol. The van der Waals surface area contributed by atoms with Crippen molar-refractivity contribution in [3.05, 3.63) is 29.3 Å². The second-order valence-corrected chi connectivity index (χ2v) is 3.99. The summed E-state index contributed by atoms with van der Waals surface area (Å²) in [7, 11) is 1.78. The summed E-state index contributed by atoms with van der Waals surface area (Å²) in [4.78, 5) is 13.2. The molecule has 1 aromatic rings. The highest BCUT2D eigenvalue weighted by Crippen LogP contribution is 2.26. The third kappa shape index (κ3) is 2.07. The third-order valence-corrected chi connectivity index (χ3v) is 2.80. The number of likely N-dealkylation sites (N-methyl/N-ethyl adjacent to an activating group) is 1. The van der Waals surface area contributed by atoms with Crippen molar-refractivity contribution in [3.63, 3.8) is 0 Å². The minimum Gasteiger partial charge on any atom is -0.479 e. The molecule has 80 valence electrons. The quantitative estimate of drug-likeness (QED) is 0.770. The van der Waals surface area contributed by atoms with E-state index in [1.54, 1.807) is 24.1 Å². The van der Waals surface area contributed by atoms with Crippen molar-refractivity contribution in [2.45, 2.75) is 12.5 Å². The van der Waals surface area contributed by atoms with Gasteiger partial charge in [-0.05, 0) is 12.1 Å². The van der Waals surface area contributed by atoms with E-state index in [0.29, 0.717) is 10.8 Å². The average Bonchev–Trinajstić information content (AvgIpc) is 2.53. The summed E-state index contributed by atoms with van der Waals surface area (Å²) in [5.41, 5.74) is 0. The molecule has 1 aliphatic rings. The van der Waals surface area contributed by atoms with Crippen LogP contribution in [0.5, 0.6) is 5.75 Å². The molecular weight excluding hydrogens is 214 g/mol. The fraction of sp³-hybridized carbons (Fsp3) is 0.364. The lowest BCUT2D eigenvalue weighted by Crippen LogP contribution is -2.29. The summed E-state index contributed by atoms with van der Waals surface area (Å²) in [6.07, 6.45) is 0.343. The minimum atomic E-state index is -0.380. The lowest BCUT2D eigenvalue weighted by Gasteiger charge is -2.13. The number of amides is 1. The Bertz CT molecular complexity index is 381. The summed E-state index contributed by atoms with van der Waals surface area (Å²) in [5, 5.41) is 0.542. The van der Waals surface area contributed by atoms with Crippen LogP contribution in [0.2, 0.25) is 5.02 Å². The molecule has 0 spiro atoms. The number of carbonyl (C=O) groups is 1. The van der Waals surface area contributed by atoms with E-state index in [-0.39, 0.29) is 12.0 Å². The molecule has 0 saturated carbocycles. The van der Waals surface area contributed by atoms with Gasteiger partial charge >= 0.3 is 0 Å². The molecule has 1 aromatic carbocycles. The van der Waals surface area contributed by atoms with Crippen LogP contribution in [0.1, 0.15) is 6.42 Å². The fourth-order valence-electron chi connectivity index (χ4n) is 1.59. The maximum absolute atomic E-state index is 11.6. The molecule has 0 aromatic heterocycles. The van der Waals surface area contributed by atoms with Gasteiger partial charge in [0.15, 0.2) is 6.10 Å². The van der Waals surface area contributed by atoms with E-state index in [0.717, 1.165) is 13.0 Å². The first-order valence-corrected chi connectivity index (χ1v) is 5.22. The standard InChI is InChI=1S/C11H12ClNO2/c1-13-7-6-10(11(13)14)15-9-5-3-2-4-8(9)12/h2-5,10H,6-7H2,1H3. The Morgan fingerprint density at radius 2 is 2.20 bits per heavy atom. The van der Waals surface area contributed by atoms with Crippen molar-refractivity contribution in [2.75, 3.05) is 13.6 Å². The van der Waals surface area contributed by atoms with Crippen LogP contribution in [-0.4, -0.2) is 30.5 Å². The van der Waals surface area contributed by atoms with Gasteiger partial charge in [0.1, 0.15) is 5.75 Å². The summed E-state index contributed by atoms with van der Waals surface area (Å²) in [6, 6.07) is 7.19. The zero-order chi connectivity index (χ0) is 10.8. The smallest absolute Gasteiger partial charge is 0.263 e. The van der Waals surface area contributed by atoms with Gasteiger partial charge in [0.05, 0.1) is 5.02 Å². The summed E-state index contributed by atoms with van der Waals surface area (Å²) in [5.74, 6) is 0.600. The Hall–Kier alpha value is -1.22. The Morgan fingerprint density at radius 1 is 1.47 bits per heavy atom. The van der Waals surface area contributed by atoms with Gasteiger partial charge in [-0.15, -0.1) is 0 Å². The number of carbonyl (C=O) groups excluding carboxylic acids is 1. The number of para-hydroxylation sites is 1. The van der Waals surface area contributed by atoms with Gasteiger partial charge in [-0.3, -0.25) is 4.79 Å². The molecule has 1 saturated heterocycles. The van der Waals surface area contributed by atoms with E-state index in [4.69, 9.17) is 16.3 Å². The average molecular weight is 226 g/mol. The molecule has 1 unspecified atom stereocenters. The molecule has 1 heterocycles. The predicted molar refractivity (Wildman–Crippen MR) is 58.1 cm³/mol. The highest BCUT2D eigenvalue weighted by Gasteiger charge is 2.31. The number of ether oxygens (including phenoxy) is 1. The third-order valence-electron chi connectivity index (χ3n) is 2.48. The first-order chi connectivity index (χ1) is 7.18. The molecule has 1 amide bonds. The Balaban J connectivity index is 2.10. The predicted octanol–water partition coefficient (Wildman–Crippen LogP) is 1.95. The number of hydrogen-bond donors (Lipinski definition) is 0. The van der Waals surface area contributed by atoms with Crippen molar-refractivity contribution in [1.82, 2.24) is 4.90 Å². The van der Waals surface area contributed by atoms with E-state index in [9.17, 15) is 4.79 Å². The topological polar surface area (TPSA) is 29.5 Å². The first-order valence-electron chi connectivity index (χ1n) is 4.84. The van der Waals surface area contributed by atoms with Gasteiger partial charge < -0.3 is 9.64 Å². The van der Waals surface area contributed by atoms with Gasteiger partial charge in [-0.1, -0.05) is 23.7 Å². The van der Waals surface area contributed by atoms with Gasteiger partial charge in [-0.2, -0.15) is 0 Å². The van der Waals surface area contributed by atoms with Crippen LogP contribution >= 0.6 is 11.6 Å². The molecule has 1 atom stereocenters. The van der Waals surface area contributed by atoms with Crippen LogP contribution in [-0.2, 0) is 4.79 Å². The van der Waals surface area contributed by atoms with Gasteiger partial charge in [-0.25, -0.2) is 0 Å². The molecule has 4 heteroatoms. The number of hydrogen-bond acceptors (Lipinski definition) is 2. The van der Waals surface area contributed by atoms with Crippen molar-refractivity contribution in [2.24, 2.45) is 0 Å². The number of halogens is 1. The first kappa shape index (κ1) is 10.3. The maximum atomic E-state index is 11.6. The zero-order valence-electron chi connectivity index (χ0n) is 8.44. The molecule has 0 N–H and O–H groups in total. The van der Waals surface area contributed by atoms with Crippen molar-refractivity contribution in [1.29, 1.82) is 0 Å². The molecule has 1 aliphatic heterocycles. The van der Waals surface area contributed by atoms with Crippen LogP contribution in [0.3, 0.4) is 0 Å². The van der Waals surface area contributed by atoms with Crippen LogP contribution in [0, 0.1) is 0 Å². The summed E-state index contributed by atoms with van der Waals surface area (Å²) >= 11 is 5.94. The Labute approximate surface area is 93.6 Å². The van der Waals surface area contributed by atoms with E-state index in [1.165, 1.54) is 0 Å². The molecule has 0 radical (unpaired) electrons. The van der Waals surface area contributed by atoms with Crippen LogP contribution in [0.25, 0.3) is 0 Å². The summed E-state index contributed by atoms with van der Waals surface area (Å²) < 4.78 is 5.57. The SMILES string of the molecule is CN1CCC(Oc2ccccc2Cl)C1=O. The highest BCUT2D eigenvalue weighted by molar-refractivity contribution is 6.32. The van der Waals surface area contributed by atoms with Crippen molar-refractivity contribution >= 4 is 17.5 Å². The van der Waals surface area contributed by atoms with Gasteiger partial charge in [0.25, 0.3) is 5.91 Å². The Morgan fingerprint density at radius 3 is 2.80 bits per heavy atom. The number of nitrogens with zero attached hydrogens (tertiary/aromatic N) is 1. The van der Waals surface area contributed by atoms with E-state index < -0.39 is 0 Å².